The van der Waals surface area contributed by atoms with E-state index in [4.69, 9.17) is 16.9 Å². The predicted molar refractivity (Wildman–Crippen MR) is 62.1 cm³/mol. The zero-order valence-corrected chi connectivity index (χ0v) is 10.3. The molecule has 80 valence electrons. The topological polar surface area (TPSA) is 44.1 Å². The molecule has 0 aliphatic heterocycles. The van der Waals surface area contributed by atoms with Crippen LogP contribution in [0.1, 0.15) is 13.8 Å². The number of amides is 1. The molecule has 0 aliphatic carbocycles. The van der Waals surface area contributed by atoms with Crippen molar-refractivity contribution in [2.45, 2.75) is 13.8 Å². The Morgan fingerprint density at radius 3 is 2.60 bits per heavy atom. The minimum Gasteiger partial charge on any atom is -0.306 e. The van der Waals surface area contributed by atoms with E-state index in [0.29, 0.717) is 4.34 Å². The van der Waals surface area contributed by atoms with E-state index >= 15 is 0 Å². The fraction of sp³-hybridized carbons (Fsp3) is 0.400. The van der Waals surface area contributed by atoms with Crippen LogP contribution in [0, 0.1) is 16.7 Å². The van der Waals surface area contributed by atoms with Crippen molar-refractivity contribution in [2.75, 3.05) is 11.9 Å². The zero-order valence-electron chi connectivity index (χ0n) is 8.74. The molecule has 1 heterocycles. The van der Waals surface area contributed by atoms with Crippen molar-refractivity contribution in [3.63, 3.8) is 0 Å². The second-order valence-corrected chi connectivity index (χ2v) is 5.37. The molecular weight excluding hydrogens is 232 g/mol. The lowest BCUT2D eigenvalue weighted by molar-refractivity contribution is -0.123. The highest BCUT2D eigenvalue weighted by Gasteiger charge is 2.31. The van der Waals surface area contributed by atoms with E-state index < -0.39 is 5.41 Å². The monoisotopic (exact) mass is 242 g/mol. The SMILES string of the molecule is CN(C(=O)C(C)(C)C#N)c1ccc(Cl)s1. The Morgan fingerprint density at radius 1 is 1.60 bits per heavy atom. The molecule has 1 rings (SSSR count). The first-order valence-electron chi connectivity index (χ1n) is 4.33. The maximum Gasteiger partial charge on any atom is 0.247 e. The lowest BCUT2D eigenvalue weighted by Crippen LogP contribution is -2.37. The molecule has 15 heavy (non-hydrogen) atoms. The summed E-state index contributed by atoms with van der Waals surface area (Å²) in [5.41, 5.74) is -1.01. The lowest BCUT2D eigenvalue weighted by Gasteiger charge is -2.22. The van der Waals surface area contributed by atoms with Gasteiger partial charge in [0.15, 0.2) is 0 Å². The van der Waals surface area contributed by atoms with Crippen LogP contribution in [-0.4, -0.2) is 13.0 Å². The van der Waals surface area contributed by atoms with Gasteiger partial charge in [-0.25, -0.2) is 0 Å². The third-order valence-electron chi connectivity index (χ3n) is 2.01. The number of hydrogen-bond donors (Lipinski definition) is 0. The number of thiophene rings is 1. The van der Waals surface area contributed by atoms with E-state index in [2.05, 4.69) is 0 Å². The van der Waals surface area contributed by atoms with E-state index in [1.165, 1.54) is 16.2 Å². The molecule has 3 nitrogen and oxygen atoms in total. The van der Waals surface area contributed by atoms with Crippen LogP contribution in [0.3, 0.4) is 0 Å². The Balaban J connectivity index is 2.92. The van der Waals surface area contributed by atoms with Crippen LogP contribution in [0.5, 0.6) is 0 Å². The fourth-order valence-electron chi connectivity index (χ4n) is 1.05. The second kappa shape index (κ2) is 4.21. The third-order valence-corrected chi connectivity index (χ3v) is 3.32. The van der Waals surface area contributed by atoms with E-state index in [1.807, 2.05) is 6.07 Å². The van der Waals surface area contributed by atoms with Gasteiger partial charge in [0.1, 0.15) is 5.41 Å². The molecule has 5 heteroatoms. The molecule has 0 spiro atoms. The van der Waals surface area contributed by atoms with Gasteiger partial charge in [0.25, 0.3) is 0 Å². The molecule has 0 aromatic carbocycles. The number of hydrogen-bond acceptors (Lipinski definition) is 3. The average molecular weight is 243 g/mol. The Bertz CT molecular complexity index is 419. The molecule has 0 radical (unpaired) electrons. The van der Waals surface area contributed by atoms with Gasteiger partial charge in [0.2, 0.25) is 5.91 Å². The van der Waals surface area contributed by atoms with E-state index in [0.717, 1.165) is 5.00 Å². The van der Waals surface area contributed by atoms with Crippen molar-refractivity contribution in [1.82, 2.24) is 0 Å². The summed E-state index contributed by atoms with van der Waals surface area (Å²) in [7, 11) is 1.64. The van der Waals surface area contributed by atoms with Crippen LogP contribution in [-0.2, 0) is 4.79 Å². The van der Waals surface area contributed by atoms with Crippen molar-refractivity contribution in [3.8, 4) is 6.07 Å². The molecule has 0 saturated carbocycles. The normalized spacial score (nSPS) is 10.9. The van der Waals surface area contributed by atoms with Crippen molar-refractivity contribution < 1.29 is 4.79 Å². The first kappa shape index (κ1) is 12.0. The largest absolute Gasteiger partial charge is 0.306 e. The number of nitriles is 1. The molecule has 0 bridgehead atoms. The number of nitrogens with zero attached hydrogens (tertiary/aromatic N) is 2. The summed E-state index contributed by atoms with van der Waals surface area (Å²) < 4.78 is 0.624. The Labute approximate surface area is 97.9 Å². The van der Waals surface area contributed by atoms with Crippen LogP contribution in [0.2, 0.25) is 4.34 Å². The predicted octanol–water partition coefficient (Wildman–Crippen LogP) is 2.91. The number of anilines is 1. The van der Waals surface area contributed by atoms with Crippen LogP contribution >= 0.6 is 22.9 Å². The first-order valence-corrected chi connectivity index (χ1v) is 5.52. The van der Waals surface area contributed by atoms with Crippen molar-refractivity contribution >= 4 is 33.8 Å². The van der Waals surface area contributed by atoms with Crippen LogP contribution < -0.4 is 4.90 Å². The molecule has 0 unspecified atom stereocenters. The van der Waals surface area contributed by atoms with Gasteiger partial charge in [-0.2, -0.15) is 5.26 Å². The fourth-order valence-corrected chi connectivity index (χ4v) is 2.04. The summed E-state index contributed by atoms with van der Waals surface area (Å²) in [6.07, 6.45) is 0. The Morgan fingerprint density at radius 2 is 2.20 bits per heavy atom. The average Bonchev–Trinajstić information content (AvgIpc) is 2.62. The first-order chi connectivity index (χ1) is 6.88. The summed E-state index contributed by atoms with van der Waals surface area (Å²) in [4.78, 5) is 13.3. The van der Waals surface area contributed by atoms with Gasteiger partial charge in [0.05, 0.1) is 15.4 Å². The molecule has 0 saturated heterocycles. The molecule has 1 aromatic rings. The maximum absolute atomic E-state index is 11.9. The number of rotatable bonds is 2. The Hall–Kier alpha value is -1.05. The highest BCUT2D eigenvalue weighted by atomic mass is 35.5. The summed E-state index contributed by atoms with van der Waals surface area (Å²) in [5, 5.41) is 9.59. The summed E-state index contributed by atoms with van der Waals surface area (Å²) >= 11 is 7.08. The number of carbonyl (C=O) groups is 1. The standard InChI is InChI=1S/C10H11ClN2OS/c1-10(2,6-12)9(14)13(3)8-5-4-7(11)15-8/h4-5H,1-3H3. The second-order valence-electron chi connectivity index (χ2n) is 3.68. The molecule has 0 atom stereocenters. The summed E-state index contributed by atoms with van der Waals surface area (Å²) in [6.45, 7) is 3.20. The Kier molecular flexibility index (Phi) is 3.38. The summed E-state index contributed by atoms with van der Waals surface area (Å²) in [5.74, 6) is -0.233. The van der Waals surface area contributed by atoms with E-state index in [9.17, 15) is 4.79 Å². The molecule has 0 N–H and O–H groups in total. The molecule has 0 fully saturated rings. The van der Waals surface area contributed by atoms with Gasteiger partial charge >= 0.3 is 0 Å². The van der Waals surface area contributed by atoms with Gasteiger partial charge in [-0.05, 0) is 26.0 Å². The summed E-state index contributed by atoms with van der Waals surface area (Å²) in [6, 6.07) is 5.47. The van der Waals surface area contributed by atoms with Gasteiger partial charge in [-0.3, -0.25) is 4.79 Å². The maximum atomic E-state index is 11.9. The number of carbonyl (C=O) groups excluding carboxylic acids is 1. The van der Waals surface area contributed by atoms with Crippen LogP contribution in [0.15, 0.2) is 12.1 Å². The minimum atomic E-state index is -1.01. The third kappa shape index (κ3) is 2.49. The quantitative estimate of drug-likeness (QED) is 0.800. The number of halogens is 1. The smallest absolute Gasteiger partial charge is 0.247 e. The van der Waals surface area contributed by atoms with E-state index in [-0.39, 0.29) is 5.91 Å². The van der Waals surface area contributed by atoms with Gasteiger partial charge < -0.3 is 4.90 Å². The van der Waals surface area contributed by atoms with Crippen molar-refractivity contribution in [1.29, 1.82) is 5.26 Å². The van der Waals surface area contributed by atoms with Crippen LogP contribution in [0.4, 0.5) is 5.00 Å². The van der Waals surface area contributed by atoms with Crippen LogP contribution in [0.25, 0.3) is 0 Å². The molecule has 0 aliphatic rings. The van der Waals surface area contributed by atoms with Gasteiger partial charge in [-0.15, -0.1) is 11.3 Å². The molecular formula is C10H11ClN2OS. The van der Waals surface area contributed by atoms with Gasteiger partial charge in [0, 0.05) is 7.05 Å². The zero-order chi connectivity index (χ0) is 11.6. The van der Waals surface area contributed by atoms with Crippen molar-refractivity contribution in [3.05, 3.63) is 16.5 Å². The molecule has 1 amide bonds. The highest BCUT2D eigenvalue weighted by molar-refractivity contribution is 7.20. The van der Waals surface area contributed by atoms with Crippen molar-refractivity contribution in [2.24, 2.45) is 5.41 Å². The lowest BCUT2D eigenvalue weighted by atomic mass is 9.94. The van der Waals surface area contributed by atoms with Gasteiger partial charge in [-0.1, -0.05) is 11.6 Å². The minimum absolute atomic E-state index is 0.233. The highest BCUT2D eigenvalue weighted by Crippen LogP contribution is 2.31. The van der Waals surface area contributed by atoms with E-state index in [1.54, 1.807) is 33.0 Å². The molecule has 1 aromatic heterocycles.